The number of carbonyl (C=O) groups excluding carboxylic acids is 1. The van der Waals surface area contributed by atoms with Gasteiger partial charge in [-0.15, -0.1) is 0 Å². The Hall–Kier alpha value is -2.96. The summed E-state index contributed by atoms with van der Waals surface area (Å²) in [6.07, 6.45) is 1.03. The summed E-state index contributed by atoms with van der Waals surface area (Å²) in [5.41, 5.74) is 1.25. The molecule has 0 spiro atoms. The lowest BCUT2D eigenvalue weighted by atomic mass is 9.87. The Labute approximate surface area is 170 Å². The van der Waals surface area contributed by atoms with Gasteiger partial charge in [0.05, 0.1) is 19.1 Å². The first-order chi connectivity index (χ1) is 13.6. The minimum atomic E-state index is -0.445. The van der Waals surface area contributed by atoms with Crippen LogP contribution in [0.2, 0.25) is 0 Å². The van der Waals surface area contributed by atoms with Gasteiger partial charge in [-0.3, -0.25) is 9.59 Å². The Morgan fingerprint density at radius 3 is 2.38 bits per heavy atom. The molecule has 29 heavy (non-hydrogen) atoms. The second kappa shape index (κ2) is 9.49. The molecule has 0 aliphatic heterocycles. The van der Waals surface area contributed by atoms with Gasteiger partial charge in [0, 0.05) is 18.2 Å². The zero-order chi connectivity index (χ0) is 21.7. The van der Waals surface area contributed by atoms with Crippen LogP contribution < -0.4 is 5.56 Å². The van der Waals surface area contributed by atoms with Crippen LogP contribution in [-0.2, 0) is 22.5 Å². The number of pyridine rings is 1. The third-order valence-corrected chi connectivity index (χ3v) is 4.99. The Bertz CT molecular complexity index is 932. The van der Waals surface area contributed by atoms with E-state index >= 15 is 0 Å². The first-order valence-corrected chi connectivity index (χ1v) is 9.65. The van der Waals surface area contributed by atoms with E-state index in [4.69, 9.17) is 4.74 Å². The highest BCUT2D eigenvalue weighted by Gasteiger charge is 2.25. The maximum atomic E-state index is 13.2. The highest BCUT2D eigenvalue weighted by molar-refractivity contribution is 5.70. The zero-order valence-electron chi connectivity index (χ0n) is 17.3. The van der Waals surface area contributed by atoms with Crippen molar-refractivity contribution in [2.45, 2.75) is 52.5 Å². The maximum Gasteiger partial charge on any atom is 0.306 e. The average Bonchev–Trinajstić information content (AvgIpc) is 2.63. The molecule has 3 N–H and O–H groups in total. The second-order valence-electron chi connectivity index (χ2n) is 7.72. The smallest absolute Gasteiger partial charge is 0.306 e. The van der Waals surface area contributed by atoms with Crippen molar-refractivity contribution >= 4 is 5.97 Å². The van der Waals surface area contributed by atoms with Crippen LogP contribution in [0, 0.1) is 12.8 Å². The lowest BCUT2D eigenvalue weighted by molar-refractivity contribution is -0.141. The van der Waals surface area contributed by atoms with Crippen LogP contribution in [0.15, 0.2) is 29.1 Å². The highest BCUT2D eigenvalue weighted by Crippen LogP contribution is 2.32. The van der Waals surface area contributed by atoms with Crippen LogP contribution in [-0.4, -0.2) is 33.0 Å². The van der Waals surface area contributed by atoms with E-state index in [2.05, 4.69) is 0 Å². The predicted octanol–water partition coefficient (Wildman–Crippen LogP) is 3.21. The number of esters is 1. The predicted molar refractivity (Wildman–Crippen MR) is 109 cm³/mol. The van der Waals surface area contributed by atoms with Gasteiger partial charge in [0.15, 0.2) is 11.5 Å². The Kier molecular flexibility index (Phi) is 7.31. The summed E-state index contributed by atoms with van der Waals surface area (Å²) in [7, 11) is 1.30. The van der Waals surface area contributed by atoms with Gasteiger partial charge in [0.25, 0.3) is 5.56 Å². The first kappa shape index (κ1) is 22.3. The molecule has 2 rings (SSSR count). The number of hydrogen-bond acceptors (Lipinski definition) is 6. The molecule has 1 aromatic heterocycles. The number of aromatic hydroxyl groups is 3. The van der Waals surface area contributed by atoms with E-state index in [1.54, 1.807) is 17.6 Å². The van der Waals surface area contributed by atoms with Crippen LogP contribution in [0.25, 0.3) is 0 Å². The summed E-state index contributed by atoms with van der Waals surface area (Å²) < 4.78 is 6.33. The van der Waals surface area contributed by atoms with E-state index < -0.39 is 11.9 Å². The first-order valence-electron chi connectivity index (χ1n) is 9.65. The largest absolute Gasteiger partial charge is 0.507 e. The number of phenols is 2. The van der Waals surface area contributed by atoms with Crippen LogP contribution in [0.1, 0.15) is 49.4 Å². The van der Waals surface area contributed by atoms with E-state index in [0.29, 0.717) is 25.1 Å². The molecule has 7 nitrogen and oxygen atoms in total. The molecule has 2 aromatic rings. The number of methoxy groups -OCH3 is 1. The number of benzene rings is 1. The topological polar surface area (TPSA) is 109 Å². The molecule has 0 radical (unpaired) electrons. The summed E-state index contributed by atoms with van der Waals surface area (Å²) in [4.78, 5) is 25.1. The second-order valence-corrected chi connectivity index (χ2v) is 7.72. The fraction of sp³-hybridized carbons (Fsp3) is 0.455. The molecule has 0 saturated heterocycles. The molecule has 0 saturated carbocycles. The number of carbonyl (C=O) groups is 1. The molecule has 158 valence electrons. The number of hydrogen-bond donors (Lipinski definition) is 3. The fourth-order valence-electron chi connectivity index (χ4n) is 3.55. The third kappa shape index (κ3) is 5.53. The van der Waals surface area contributed by atoms with E-state index in [9.17, 15) is 24.9 Å². The van der Waals surface area contributed by atoms with Gasteiger partial charge in [-0.1, -0.05) is 19.9 Å². The highest BCUT2D eigenvalue weighted by atomic mass is 16.5. The lowest BCUT2D eigenvalue weighted by Crippen LogP contribution is -2.29. The van der Waals surface area contributed by atoms with E-state index in [0.717, 1.165) is 5.56 Å². The summed E-state index contributed by atoms with van der Waals surface area (Å²) in [6, 6.07) is 6.07. The molecule has 1 atom stereocenters. The van der Waals surface area contributed by atoms with Crippen molar-refractivity contribution in [1.82, 2.24) is 4.57 Å². The van der Waals surface area contributed by atoms with Gasteiger partial charge in [0.2, 0.25) is 0 Å². The number of aromatic nitrogens is 1. The normalized spacial score (nSPS) is 12.2. The van der Waals surface area contributed by atoms with Gasteiger partial charge < -0.3 is 24.6 Å². The molecule has 0 amide bonds. The number of phenolic OH excluding ortho intramolecular Hbond substituents is 2. The SMILES string of the molecule is COC(=O)C[C@@H](CC(C)C)c1c(O)cc(C)n(CCc2ccc(O)c(O)c2)c1=O. The van der Waals surface area contributed by atoms with E-state index in [-0.39, 0.29) is 40.7 Å². The Morgan fingerprint density at radius 2 is 1.79 bits per heavy atom. The summed E-state index contributed by atoms with van der Waals surface area (Å²) >= 11 is 0. The number of rotatable bonds is 8. The fourth-order valence-corrected chi connectivity index (χ4v) is 3.55. The van der Waals surface area contributed by atoms with Crippen molar-refractivity contribution in [2.24, 2.45) is 5.92 Å². The van der Waals surface area contributed by atoms with Crippen molar-refractivity contribution < 1.29 is 24.9 Å². The van der Waals surface area contributed by atoms with Crippen molar-refractivity contribution in [1.29, 1.82) is 0 Å². The summed E-state index contributed by atoms with van der Waals surface area (Å²) in [5.74, 6) is -1.18. The molecule has 0 aliphatic carbocycles. The molecule has 7 heteroatoms. The van der Waals surface area contributed by atoms with Gasteiger partial charge in [0.1, 0.15) is 5.75 Å². The summed E-state index contributed by atoms with van der Waals surface area (Å²) in [5, 5.41) is 29.6. The zero-order valence-corrected chi connectivity index (χ0v) is 17.3. The van der Waals surface area contributed by atoms with Crippen molar-refractivity contribution in [3.8, 4) is 17.2 Å². The molecule has 1 heterocycles. The van der Waals surface area contributed by atoms with E-state index in [1.165, 1.54) is 25.3 Å². The average molecular weight is 403 g/mol. The monoisotopic (exact) mass is 403 g/mol. The van der Waals surface area contributed by atoms with Crippen molar-refractivity contribution in [3.05, 3.63) is 51.4 Å². The van der Waals surface area contributed by atoms with Crippen molar-refractivity contribution in [2.75, 3.05) is 7.11 Å². The van der Waals surface area contributed by atoms with Gasteiger partial charge in [-0.2, -0.15) is 0 Å². The number of aryl methyl sites for hydroxylation is 2. The summed E-state index contributed by atoms with van der Waals surface area (Å²) in [6.45, 7) is 6.04. The van der Waals surface area contributed by atoms with Gasteiger partial charge >= 0.3 is 5.97 Å². The van der Waals surface area contributed by atoms with Gasteiger partial charge in [-0.25, -0.2) is 0 Å². The van der Waals surface area contributed by atoms with Crippen LogP contribution in [0.4, 0.5) is 0 Å². The molecule has 0 fully saturated rings. The number of ether oxygens (including phenoxy) is 1. The Morgan fingerprint density at radius 1 is 1.10 bits per heavy atom. The quantitative estimate of drug-likeness (QED) is 0.461. The van der Waals surface area contributed by atoms with Crippen LogP contribution in [0.5, 0.6) is 17.2 Å². The van der Waals surface area contributed by atoms with Gasteiger partial charge in [-0.05, 0) is 49.4 Å². The molecular weight excluding hydrogens is 374 g/mol. The Balaban J connectivity index is 2.39. The third-order valence-electron chi connectivity index (χ3n) is 4.99. The molecule has 1 aromatic carbocycles. The van der Waals surface area contributed by atoms with Crippen molar-refractivity contribution in [3.63, 3.8) is 0 Å². The molecular formula is C22H29NO6. The minimum Gasteiger partial charge on any atom is -0.507 e. The van der Waals surface area contributed by atoms with Crippen LogP contribution in [0.3, 0.4) is 0 Å². The molecule has 0 bridgehead atoms. The van der Waals surface area contributed by atoms with Crippen LogP contribution >= 0.6 is 0 Å². The molecule has 0 unspecified atom stereocenters. The maximum absolute atomic E-state index is 13.2. The van der Waals surface area contributed by atoms with E-state index in [1.807, 2.05) is 13.8 Å². The standard InChI is InChI=1S/C22H29NO6/c1-13(2)9-16(12-20(27)29-4)21-19(26)10-14(3)23(22(21)28)8-7-15-5-6-17(24)18(25)11-15/h5-6,10-11,13,16,24-26H,7-9,12H2,1-4H3/t16-/m1/s1. The lowest BCUT2D eigenvalue weighted by Gasteiger charge is -2.21. The molecule has 0 aliphatic rings. The number of nitrogens with zero attached hydrogens (tertiary/aromatic N) is 1. The minimum absolute atomic E-state index is 0.0202.